The van der Waals surface area contributed by atoms with Gasteiger partial charge in [-0.25, -0.2) is 0 Å². The number of rotatable bonds is 9. The van der Waals surface area contributed by atoms with Gasteiger partial charge in [-0.2, -0.15) is 0 Å². The fraction of sp³-hybridized carbons (Fsp3) is 0.176. The maximum Gasteiger partial charge on any atom is 0.226 e. The molecular weight excluding hydrogens is 510 g/mol. The standard InChI is InChI=1S/C34H33N5O2/c1-23(2)28-19-29(33-36-37-34(35)39(33)27-14-15-30-26(18-27)16-17-38(30)3)32(41-22-25-12-8-5-9-13-25)20-31(28)40-21-24-10-6-4-7-11-24/h4-20,23H,21-22H2,1-3H3,(H2,35,37). The number of fused-ring (bicyclic) bond motifs is 1. The summed E-state index contributed by atoms with van der Waals surface area (Å²) in [5, 5.41) is 9.94. The summed E-state index contributed by atoms with van der Waals surface area (Å²) in [6.07, 6.45) is 2.05. The molecule has 7 nitrogen and oxygen atoms in total. The normalized spacial score (nSPS) is 11.3. The molecule has 0 unspecified atom stereocenters. The van der Waals surface area contributed by atoms with Gasteiger partial charge in [-0.1, -0.05) is 74.5 Å². The fourth-order valence-corrected chi connectivity index (χ4v) is 5.05. The van der Waals surface area contributed by atoms with Crippen molar-refractivity contribution in [3.63, 3.8) is 0 Å². The van der Waals surface area contributed by atoms with Crippen LogP contribution >= 0.6 is 0 Å². The van der Waals surface area contributed by atoms with Crippen molar-refractivity contribution < 1.29 is 9.47 Å². The smallest absolute Gasteiger partial charge is 0.226 e. The Balaban J connectivity index is 1.46. The van der Waals surface area contributed by atoms with Gasteiger partial charge in [0.15, 0.2) is 5.82 Å². The van der Waals surface area contributed by atoms with Crippen LogP contribution < -0.4 is 15.2 Å². The quantitative estimate of drug-likeness (QED) is 0.207. The van der Waals surface area contributed by atoms with E-state index in [2.05, 4.69) is 65.0 Å². The number of nitrogens with zero attached hydrogens (tertiary/aromatic N) is 4. The summed E-state index contributed by atoms with van der Waals surface area (Å²) in [5.74, 6) is 2.53. The molecule has 0 fully saturated rings. The maximum absolute atomic E-state index is 6.47. The molecule has 6 aromatic rings. The van der Waals surface area contributed by atoms with E-state index in [-0.39, 0.29) is 5.92 Å². The highest BCUT2D eigenvalue weighted by atomic mass is 16.5. The molecule has 7 heteroatoms. The van der Waals surface area contributed by atoms with Crippen molar-refractivity contribution in [3.8, 4) is 28.6 Å². The van der Waals surface area contributed by atoms with E-state index in [1.54, 1.807) is 0 Å². The molecule has 0 radical (unpaired) electrons. The van der Waals surface area contributed by atoms with Crippen molar-refractivity contribution in [1.29, 1.82) is 0 Å². The Morgan fingerprint density at radius 1 is 0.756 bits per heavy atom. The van der Waals surface area contributed by atoms with Gasteiger partial charge >= 0.3 is 0 Å². The van der Waals surface area contributed by atoms with Crippen molar-refractivity contribution in [2.45, 2.75) is 33.0 Å². The van der Waals surface area contributed by atoms with Gasteiger partial charge in [0.05, 0.1) is 11.3 Å². The van der Waals surface area contributed by atoms with E-state index in [4.69, 9.17) is 15.2 Å². The molecule has 2 N–H and O–H groups in total. The molecule has 0 bridgehead atoms. The molecule has 0 aliphatic rings. The zero-order valence-corrected chi connectivity index (χ0v) is 23.5. The minimum absolute atomic E-state index is 0.192. The van der Waals surface area contributed by atoms with Gasteiger partial charge in [0.2, 0.25) is 5.95 Å². The molecule has 0 aliphatic carbocycles. The Kier molecular flexibility index (Phi) is 7.17. The molecule has 0 spiro atoms. The van der Waals surface area contributed by atoms with Crippen LogP contribution in [0.1, 0.15) is 36.5 Å². The molecule has 41 heavy (non-hydrogen) atoms. The van der Waals surface area contributed by atoms with Crippen LogP contribution in [0.3, 0.4) is 0 Å². The number of aryl methyl sites for hydroxylation is 1. The summed E-state index contributed by atoms with van der Waals surface area (Å²) in [5.41, 5.74) is 12.5. The van der Waals surface area contributed by atoms with Crippen LogP contribution in [-0.2, 0) is 20.3 Å². The lowest BCUT2D eigenvalue weighted by Gasteiger charge is -2.20. The average Bonchev–Trinajstić information content (AvgIpc) is 3.57. The Morgan fingerprint density at radius 3 is 2.07 bits per heavy atom. The molecule has 6 rings (SSSR count). The summed E-state index contributed by atoms with van der Waals surface area (Å²) in [6, 6.07) is 32.7. The molecule has 4 aromatic carbocycles. The number of benzene rings is 4. The maximum atomic E-state index is 6.47. The van der Waals surface area contributed by atoms with Gasteiger partial charge in [0.25, 0.3) is 0 Å². The van der Waals surface area contributed by atoms with Crippen molar-refractivity contribution in [2.24, 2.45) is 7.05 Å². The predicted octanol–water partition coefficient (Wildman–Crippen LogP) is 7.29. The Bertz CT molecular complexity index is 1790. The largest absolute Gasteiger partial charge is 0.488 e. The Labute approximate surface area is 239 Å². The van der Waals surface area contributed by atoms with E-state index in [1.165, 1.54) is 0 Å². The van der Waals surface area contributed by atoms with E-state index in [9.17, 15) is 0 Å². The zero-order chi connectivity index (χ0) is 28.3. The molecule has 0 aliphatic heterocycles. The van der Waals surface area contributed by atoms with Crippen molar-refractivity contribution in [3.05, 3.63) is 120 Å². The highest BCUT2D eigenvalue weighted by Gasteiger charge is 2.22. The predicted molar refractivity (Wildman–Crippen MR) is 163 cm³/mol. The van der Waals surface area contributed by atoms with Gasteiger partial charge in [0.1, 0.15) is 24.7 Å². The van der Waals surface area contributed by atoms with Gasteiger partial charge in [0, 0.05) is 30.2 Å². The average molecular weight is 544 g/mol. The second-order valence-electron chi connectivity index (χ2n) is 10.5. The molecule has 0 saturated heterocycles. The number of ether oxygens (including phenoxy) is 2. The summed E-state index contributed by atoms with van der Waals surface area (Å²) in [6.45, 7) is 5.16. The topological polar surface area (TPSA) is 80.1 Å². The molecule has 0 saturated carbocycles. The number of aromatic nitrogens is 4. The number of hydrogen-bond acceptors (Lipinski definition) is 5. The van der Waals surface area contributed by atoms with Crippen LogP contribution in [0.5, 0.6) is 11.5 Å². The number of anilines is 1. The summed E-state index contributed by atoms with van der Waals surface area (Å²) in [4.78, 5) is 0. The van der Waals surface area contributed by atoms with Crippen molar-refractivity contribution in [2.75, 3.05) is 5.73 Å². The lowest BCUT2D eigenvalue weighted by molar-refractivity contribution is 0.288. The Morgan fingerprint density at radius 2 is 1.41 bits per heavy atom. The fourth-order valence-electron chi connectivity index (χ4n) is 5.05. The molecular formula is C34H33N5O2. The number of nitrogen functional groups attached to an aromatic ring is 1. The van der Waals surface area contributed by atoms with Crippen molar-refractivity contribution >= 4 is 16.9 Å². The third kappa shape index (κ3) is 5.39. The van der Waals surface area contributed by atoms with Crippen molar-refractivity contribution in [1.82, 2.24) is 19.3 Å². The molecule has 0 atom stereocenters. The van der Waals surface area contributed by atoms with Crippen LogP contribution in [0.15, 0.2) is 103 Å². The van der Waals surface area contributed by atoms with E-state index in [0.717, 1.165) is 44.6 Å². The zero-order valence-electron chi connectivity index (χ0n) is 23.5. The molecule has 0 amide bonds. The van der Waals surface area contributed by atoms with Gasteiger partial charge in [-0.3, -0.25) is 4.57 Å². The number of nitrogens with two attached hydrogens (primary N) is 1. The van der Waals surface area contributed by atoms with E-state index in [1.807, 2.05) is 78.5 Å². The van der Waals surface area contributed by atoms with Crippen LogP contribution in [-0.4, -0.2) is 19.3 Å². The summed E-state index contributed by atoms with van der Waals surface area (Å²) >= 11 is 0. The lowest BCUT2D eigenvalue weighted by atomic mass is 9.98. The minimum Gasteiger partial charge on any atom is -0.488 e. The monoisotopic (exact) mass is 543 g/mol. The first kappa shape index (κ1) is 26.2. The molecule has 206 valence electrons. The third-order valence-corrected chi connectivity index (χ3v) is 7.26. The number of hydrogen-bond donors (Lipinski definition) is 1. The highest BCUT2D eigenvalue weighted by Crippen LogP contribution is 2.40. The van der Waals surface area contributed by atoms with Crippen LogP contribution in [0.25, 0.3) is 28.0 Å². The van der Waals surface area contributed by atoms with E-state index < -0.39 is 0 Å². The second kappa shape index (κ2) is 11.2. The summed E-state index contributed by atoms with van der Waals surface area (Å²) in [7, 11) is 2.03. The first-order valence-corrected chi connectivity index (χ1v) is 13.8. The van der Waals surface area contributed by atoms with Gasteiger partial charge < -0.3 is 19.8 Å². The van der Waals surface area contributed by atoms with Crippen LogP contribution in [0.4, 0.5) is 5.95 Å². The SMILES string of the molecule is CC(C)c1cc(-c2nnc(N)n2-c2ccc3c(ccn3C)c2)c(OCc2ccccc2)cc1OCc1ccccc1. The molecule has 2 aromatic heterocycles. The Hall–Kier alpha value is -5.04. The molecule has 2 heterocycles. The van der Waals surface area contributed by atoms with Gasteiger partial charge in [-0.15, -0.1) is 10.2 Å². The van der Waals surface area contributed by atoms with Gasteiger partial charge in [-0.05, 0) is 52.9 Å². The lowest BCUT2D eigenvalue weighted by Crippen LogP contribution is -2.06. The van der Waals surface area contributed by atoms with Crippen LogP contribution in [0.2, 0.25) is 0 Å². The van der Waals surface area contributed by atoms with Crippen LogP contribution in [0, 0.1) is 0 Å². The third-order valence-electron chi connectivity index (χ3n) is 7.26. The van der Waals surface area contributed by atoms with E-state index >= 15 is 0 Å². The van der Waals surface area contributed by atoms with E-state index in [0.29, 0.717) is 30.7 Å². The minimum atomic E-state index is 0.192. The summed E-state index contributed by atoms with van der Waals surface area (Å²) < 4.78 is 16.8. The highest BCUT2D eigenvalue weighted by molar-refractivity contribution is 5.83. The first-order chi connectivity index (χ1) is 20.0. The second-order valence-corrected chi connectivity index (χ2v) is 10.5. The first-order valence-electron chi connectivity index (χ1n) is 13.8.